The van der Waals surface area contributed by atoms with Gasteiger partial charge in [0.1, 0.15) is 5.82 Å². The maximum Gasteiger partial charge on any atom is 0.323 e. The molecule has 4 rings (SSSR count). The Morgan fingerprint density at radius 1 is 0.909 bits per heavy atom. The minimum absolute atomic E-state index is 0.264. The van der Waals surface area contributed by atoms with Crippen molar-refractivity contribution in [3.05, 3.63) is 88.7 Å². The molecule has 1 aliphatic heterocycles. The highest BCUT2D eigenvalue weighted by Crippen LogP contribution is 2.28. The summed E-state index contributed by atoms with van der Waals surface area (Å²) in [6.45, 7) is 2.02. The van der Waals surface area contributed by atoms with Gasteiger partial charge in [0.05, 0.1) is 5.56 Å². The largest absolute Gasteiger partial charge is 0.371 e. The summed E-state index contributed by atoms with van der Waals surface area (Å²) >= 11 is 5.97. The topological polar surface area (TPSA) is 73.5 Å². The van der Waals surface area contributed by atoms with E-state index in [1.54, 1.807) is 48.5 Å². The first kappa shape index (κ1) is 22.6. The highest BCUT2D eigenvalue weighted by Gasteiger charge is 2.20. The van der Waals surface area contributed by atoms with Crippen molar-refractivity contribution in [2.24, 2.45) is 0 Å². The molecule has 3 N–H and O–H groups in total. The molecule has 3 amide bonds. The van der Waals surface area contributed by atoms with E-state index in [9.17, 15) is 14.0 Å². The molecule has 0 atom stereocenters. The first-order valence-electron chi connectivity index (χ1n) is 10.7. The number of urea groups is 1. The monoisotopic (exact) mass is 466 g/mol. The van der Waals surface area contributed by atoms with Crippen molar-refractivity contribution in [3.8, 4) is 0 Å². The first-order valence-corrected chi connectivity index (χ1v) is 11.1. The molecular weight excluding hydrogens is 443 g/mol. The Bertz CT molecular complexity index is 1150. The lowest BCUT2D eigenvalue weighted by Crippen LogP contribution is -2.27. The van der Waals surface area contributed by atoms with Crippen LogP contribution in [0.15, 0.2) is 66.7 Å². The molecule has 33 heavy (non-hydrogen) atoms. The molecule has 8 heteroatoms. The van der Waals surface area contributed by atoms with E-state index in [1.807, 2.05) is 6.07 Å². The number of amides is 3. The molecule has 6 nitrogen and oxygen atoms in total. The van der Waals surface area contributed by atoms with Crippen LogP contribution in [0.3, 0.4) is 0 Å². The number of anilines is 3. The van der Waals surface area contributed by atoms with Gasteiger partial charge in [-0.25, -0.2) is 9.18 Å². The molecule has 0 bridgehead atoms. The van der Waals surface area contributed by atoms with Gasteiger partial charge < -0.3 is 20.9 Å². The first-order chi connectivity index (χ1) is 16.0. The lowest BCUT2D eigenvalue weighted by Gasteiger charge is -2.22. The number of nitrogens with one attached hydrogen (secondary N) is 3. The predicted octanol–water partition coefficient (Wildman–Crippen LogP) is 5.65. The van der Waals surface area contributed by atoms with Gasteiger partial charge in [-0.05, 0) is 66.9 Å². The van der Waals surface area contributed by atoms with Crippen LogP contribution in [0.4, 0.5) is 26.2 Å². The van der Waals surface area contributed by atoms with Crippen molar-refractivity contribution in [2.45, 2.75) is 19.4 Å². The second-order valence-corrected chi connectivity index (χ2v) is 8.26. The van der Waals surface area contributed by atoms with Gasteiger partial charge in [0.2, 0.25) is 0 Å². The molecule has 0 spiro atoms. The van der Waals surface area contributed by atoms with Gasteiger partial charge >= 0.3 is 6.03 Å². The summed E-state index contributed by atoms with van der Waals surface area (Å²) in [6, 6.07) is 17.7. The van der Waals surface area contributed by atoms with Crippen LogP contribution in [0.25, 0.3) is 0 Å². The second kappa shape index (κ2) is 10.4. The average Bonchev–Trinajstić information content (AvgIpc) is 3.33. The fourth-order valence-electron chi connectivity index (χ4n) is 3.77. The van der Waals surface area contributed by atoms with Crippen molar-refractivity contribution in [3.63, 3.8) is 0 Å². The van der Waals surface area contributed by atoms with Gasteiger partial charge in [-0.2, -0.15) is 0 Å². The summed E-state index contributed by atoms with van der Waals surface area (Å²) in [5, 5.41) is 8.91. The summed E-state index contributed by atoms with van der Waals surface area (Å²) in [5.41, 5.74) is 3.14. The van der Waals surface area contributed by atoms with Crippen molar-refractivity contribution >= 4 is 40.6 Å². The molecule has 0 saturated carbocycles. The molecule has 3 aromatic carbocycles. The Labute approximate surface area is 196 Å². The number of rotatable bonds is 6. The van der Waals surface area contributed by atoms with E-state index in [1.165, 1.54) is 12.1 Å². The van der Waals surface area contributed by atoms with E-state index >= 15 is 0 Å². The van der Waals surface area contributed by atoms with Crippen molar-refractivity contribution in [1.82, 2.24) is 5.32 Å². The number of carbonyl (C=O) groups is 2. The van der Waals surface area contributed by atoms with Crippen molar-refractivity contribution < 1.29 is 14.0 Å². The lowest BCUT2D eigenvalue weighted by atomic mass is 10.1. The maximum absolute atomic E-state index is 13.1. The molecule has 0 radical (unpaired) electrons. The van der Waals surface area contributed by atoms with E-state index in [-0.39, 0.29) is 18.3 Å². The quantitative estimate of drug-likeness (QED) is 0.439. The number of nitrogens with zero attached hydrogens (tertiary/aromatic N) is 1. The smallest absolute Gasteiger partial charge is 0.323 e. The van der Waals surface area contributed by atoms with Gasteiger partial charge in [0.15, 0.2) is 0 Å². The van der Waals surface area contributed by atoms with E-state index in [0.717, 1.165) is 37.2 Å². The van der Waals surface area contributed by atoms with Crippen LogP contribution in [0.1, 0.15) is 28.8 Å². The normalized spacial score (nSPS) is 13.0. The molecular formula is C25H24ClFN4O2. The van der Waals surface area contributed by atoms with Gasteiger partial charge in [-0.1, -0.05) is 29.8 Å². The Morgan fingerprint density at radius 3 is 2.30 bits per heavy atom. The van der Waals surface area contributed by atoms with E-state index < -0.39 is 6.03 Å². The van der Waals surface area contributed by atoms with Gasteiger partial charge in [0.25, 0.3) is 5.91 Å². The van der Waals surface area contributed by atoms with E-state index in [4.69, 9.17) is 11.6 Å². The van der Waals surface area contributed by atoms with Crippen molar-refractivity contribution in [1.29, 1.82) is 0 Å². The van der Waals surface area contributed by atoms with Crippen LogP contribution in [0.5, 0.6) is 0 Å². The summed E-state index contributed by atoms with van der Waals surface area (Å²) < 4.78 is 13.1. The maximum atomic E-state index is 13.1. The third-order valence-electron chi connectivity index (χ3n) is 5.39. The zero-order chi connectivity index (χ0) is 23.2. The molecule has 3 aromatic rings. The van der Waals surface area contributed by atoms with E-state index in [0.29, 0.717) is 22.0 Å². The highest BCUT2D eigenvalue weighted by molar-refractivity contribution is 6.30. The van der Waals surface area contributed by atoms with Gasteiger partial charge in [-0.3, -0.25) is 4.79 Å². The zero-order valence-corrected chi connectivity index (χ0v) is 18.7. The second-order valence-electron chi connectivity index (χ2n) is 7.82. The van der Waals surface area contributed by atoms with Crippen LogP contribution in [-0.2, 0) is 6.54 Å². The lowest BCUT2D eigenvalue weighted by molar-refractivity contribution is 0.0951. The zero-order valence-electron chi connectivity index (χ0n) is 17.9. The molecule has 1 aliphatic rings. The summed E-state index contributed by atoms with van der Waals surface area (Å²) in [6.07, 6.45) is 2.14. The Balaban J connectivity index is 1.50. The van der Waals surface area contributed by atoms with Crippen LogP contribution < -0.4 is 20.9 Å². The Hall–Kier alpha value is -3.58. The molecule has 1 saturated heterocycles. The Morgan fingerprint density at radius 2 is 1.61 bits per heavy atom. The summed E-state index contributed by atoms with van der Waals surface area (Å²) in [5.74, 6) is -0.587. The van der Waals surface area contributed by atoms with Crippen molar-refractivity contribution in [2.75, 3.05) is 28.6 Å². The number of benzene rings is 3. The van der Waals surface area contributed by atoms with Crippen LogP contribution in [0, 0.1) is 5.82 Å². The fraction of sp³-hybridized carbons (Fsp3) is 0.200. The van der Waals surface area contributed by atoms with Crippen LogP contribution in [-0.4, -0.2) is 25.0 Å². The molecule has 170 valence electrons. The van der Waals surface area contributed by atoms with Crippen LogP contribution >= 0.6 is 11.6 Å². The fourth-order valence-corrected chi connectivity index (χ4v) is 3.96. The van der Waals surface area contributed by atoms with E-state index in [2.05, 4.69) is 20.9 Å². The molecule has 1 fully saturated rings. The molecule has 0 unspecified atom stereocenters. The summed E-state index contributed by atoms with van der Waals surface area (Å²) in [4.78, 5) is 27.7. The predicted molar refractivity (Wildman–Crippen MR) is 130 cm³/mol. The third kappa shape index (κ3) is 6.02. The highest BCUT2D eigenvalue weighted by atomic mass is 35.5. The van der Waals surface area contributed by atoms with Crippen LogP contribution in [0.2, 0.25) is 5.02 Å². The number of hydrogen-bond acceptors (Lipinski definition) is 3. The number of halogens is 2. The van der Waals surface area contributed by atoms with Gasteiger partial charge in [-0.15, -0.1) is 0 Å². The SMILES string of the molecule is O=C(Nc1cccc(Cl)c1)Nc1ccc(N2CCCC2)c(C(=O)NCc2ccc(F)cc2)c1. The third-order valence-corrected chi connectivity index (χ3v) is 5.63. The molecule has 0 aromatic heterocycles. The Kier molecular flexibility index (Phi) is 7.10. The minimum Gasteiger partial charge on any atom is -0.371 e. The standard InChI is InChI=1S/C25H24ClFN4O2/c26-18-4-3-5-20(14-18)29-25(33)30-21-10-11-23(31-12-1-2-13-31)22(15-21)24(32)28-16-17-6-8-19(27)9-7-17/h3-11,14-15H,1-2,12-13,16H2,(H,28,32)(H2,29,30,33). The minimum atomic E-state index is -0.441. The molecule has 1 heterocycles. The van der Waals surface area contributed by atoms with Gasteiger partial charge in [0, 0.05) is 41.7 Å². The number of hydrogen-bond donors (Lipinski definition) is 3. The number of carbonyl (C=O) groups excluding carboxylic acids is 2. The molecule has 0 aliphatic carbocycles. The average molecular weight is 467 g/mol. The summed E-state index contributed by atoms with van der Waals surface area (Å²) in [7, 11) is 0.